The van der Waals surface area contributed by atoms with Crippen molar-refractivity contribution in [3.8, 4) is 5.75 Å². The first kappa shape index (κ1) is 14.2. The topological polar surface area (TPSA) is 54.1 Å². The van der Waals surface area contributed by atoms with Gasteiger partial charge in [-0.1, -0.05) is 36.4 Å². The van der Waals surface area contributed by atoms with Gasteiger partial charge in [0, 0.05) is 23.6 Å². The maximum atomic E-state index is 11.9. The number of amides is 1. The van der Waals surface area contributed by atoms with E-state index < -0.39 is 0 Å². The standard InChI is InChI=1S/C18H18N2O2/c21-18(10-11-22-15-6-2-1-3-7-15)20-13-14-12-19-17-9-5-4-8-16(14)17/h1-9,12,19H,10-11,13H2,(H,20,21). The molecule has 0 aliphatic rings. The number of carbonyl (C=O) groups excluding carboxylic acids is 1. The number of carbonyl (C=O) groups is 1. The Morgan fingerprint density at radius 3 is 2.68 bits per heavy atom. The molecule has 0 spiro atoms. The minimum Gasteiger partial charge on any atom is -0.493 e. The normalized spacial score (nSPS) is 10.5. The number of aromatic nitrogens is 1. The van der Waals surface area contributed by atoms with E-state index >= 15 is 0 Å². The van der Waals surface area contributed by atoms with Gasteiger partial charge in [0.1, 0.15) is 5.75 Å². The molecule has 22 heavy (non-hydrogen) atoms. The second-order valence-corrected chi connectivity index (χ2v) is 5.05. The molecule has 2 N–H and O–H groups in total. The molecule has 0 unspecified atom stereocenters. The van der Waals surface area contributed by atoms with Gasteiger partial charge in [0.2, 0.25) is 5.91 Å². The monoisotopic (exact) mass is 294 g/mol. The van der Waals surface area contributed by atoms with Crippen LogP contribution in [0.3, 0.4) is 0 Å². The first-order chi connectivity index (χ1) is 10.8. The number of ether oxygens (including phenoxy) is 1. The molecular formula is C18H18N2O2. The number of rotatable bonds is 6. The van der Waals surface area contributed by atoms with Gasteiger partial charge in [-0.05, 0) is 23.8 Å². The van der Waals surface area contributed by atoms with Crippen molar-refractivity contribution >= 4 is 16.8 Å². The summed E-state index contributed by atoms with van der Waals surface area (Å²) < 4.78 is 5.52. The van der Waals surface area contributed by atoms with E-state index in [9.17, 15) is 4.79 Å². The lowest BCUT2D eigenvalue weighted by atomic mass is 10.2. The molecular weight excluding hydrogens is 276 g/mol. The van der Waals surface area contributed by atoms with Crippen LogP contribution in [-0.4, -0.2) is 17.5 Å². The van der Waals surface area contributed by atoms with E-state index in [2.05, 4.69) is 10.3 Å². The summed E-state index contributed by atoms with van der Waals surface area (Å²) in [6, 6.07) is 17.6. The number of hydrogen-bond acceptors (Lipinski definition) is 2. The average Bonchev–Trinajstić information content (AvgIpc) is 2.97. The lowest BCUT2D eigenvalue weighted by Crippen LogP contribution is -2.24. The minimum absolute atomic E-state index is 0.0128. The van der Waals surface area contributed by atoms with Gasteiger partial charge in [-0.2, -0.15) is 0 Å². The van der Waals surface area contributed by atoms with Crippen LogP contribution in [-0.2, 0) is 11.3 Å². The summed E-state index contributed by atoms with van der Waals surface area (Å²) in [5.41, 5.74) is 2.17. The van der Waals surface area contributed by atoms with E-state index in [1.807, 2.05) is 60.8 Å². The van der Waals surface area contributed by atoms with E-state index in [0.717, 1.165) is 22.2 Å². The van der Waals surface area contributed by atoms with Gasteiger partial charge in [0.05, 0.1) is 13.0 Å². The molecule has 3 rings (SSSR count). The zero-order valence-electron chi connectivity index (χ0n) is 12.2. The van der Waals surface area contributed by atoms with Gasteiger partial charge in [-0.3, -0.25) is 4.79 Å². The Labute approximate surface area is 129 Å². The van der Waals surface area contributed by atoms with Crippen LogP contribution in [0.2, 0.25) is 0 Å². The fourth-order valence-corrected chi connectivity index (χ4v) is 2.34. The molecule has 112 valence electrons. The second-order valence-electron chi connectivity index (χ2n) is 5.05. The number of para-hydroxylation sites is 2. The Bertz CT molecular complexity index is 750. The summed E-state index contributed by atoms with van der Waals surface area (Å²) in [4.78, 5) is 15.1. The molecule has 0 aliphatic carbocycles. The Balaban J connectivity index is 1.46. The fourth-order valence-electron chi connectivity index (χ4n) is 2.34. The second kappa shape index (κ2) is 6.80. The van der Waals surface area contributed by atoms with Gasteiger partial charge < -0.3 is 15.0 Å². The van der Waals surface area contributed by atoms with Crippen molar-refractivity contribution in [3.63, 3.8) is 0 Å². The summed E-state index contributed by atoms with van der Waals surface area (Å²) in [6.07, 6.45) is 2.28. The van der Waals surface area contributed by atoms with Crippen molar-refractivity contribution < 1.29 is 9.53 Å². The third-order valence-electron chi connectivity index (χ3n) is 3.49. The molecule has 0 bridgehead atoms. The van der Waals surface area contributed by atoms with E-state index in [-0.39, 0.29) is 5.91 Å². The van der Waals surface area contributed by atoms with E-state index in [4.69, 9.17) is 4.74 Å². The first-order valence-electron chi connectivity index (χ1n) is 7.32. The van der Waals surface area contributed by atoms with E-state index in [1.54, 1.807) is 0 Å². The Morgan fingerprint density at radius 2 is 1.82 bits per heavy atom. The highest BCUT2D eigenvalue weighted by Gasteiger charge is 2.05. The van der Waals surface area contributed by atoms with E-state index in [1.165, 1.54) is 0 Å². The van der Waals surface area contributed by atoms with Crippen LogP contribution in [0, 0.1) is 0 Å². The molecule has 0 fully saturated rings. The number of aromatic amines is 1. The predicted octanol–water partition coefficient (Wildman–Crippen LogP) is 3.25. The average molecular weight is 294 g/mol. The summed E-state index contributed by atoms with van der Waals surface area (Å²) in [5.74, 6) is 0.771. The van der Waals surface area contributed by atoms with Crippen LogP contribution >= 0.6 is 0 Å². The molecule has 0 radical (unpaired) electrons. The highest BCUT2D eigenvalue weighted by molar-refractivity contribution is 5.84. The highest BCUT2D eigenvalue weighted by atomic mass is 16.5. The number of benzene rings is 2. The molecule has 2 aromatic carbocycles. The van der Waals surface area contributed by atoms with Crippen LogP contribution in [0.25, 0.3) is 10.9 Å². The van der Waals surface area contributed by atoms with Gasteiger partial charge in [-0.15, -0.1) is 0 Å². The molecule has 0 atom stereocenters. The summed E-state index contributed by atoms with van der Waals surface area (Å²) in [5, 5.41) is 4.07. The Hall–Kier alpha value is -2.75. The van der Waals surface area contributed by atoms with E-state index in [0.29, 0.717) is 19.6 Å². The molecule has 3 aromatic rings. The van der Waals surface area contributed by atoms with Gasteiger partial charge in [0.15, 0.2) is 0 Å². The van der Waals surface area contributed by atoms with Gasteiger partial charge >= 0.3 is 0 Å². The van der Waals surface area contributed by atoms with Crippen LogP contribution < -0.4 is 10.1 Å². The van der Waals surface area contributed by atoms with Crippen molar-refractivity contribution in [1.82, 2.24) is 10.3 Å². The number of nitrogens with one attached hydrogen (secondary N) is 2. The smallest absolute Gasteiger partial charge is 0.223 e. The molecule has 1 aromatic heterocycles. The molecule has 0 saturated heterocycles. The summed E-state index contributed by atoms with van der Waals surface area (Å²) >= 11 is 0. The third kappa shape index (κ3) is 3.47. The number of H-pyrrole nitrogens is 1. The minimum atomic E-state index is -0.0128. The van der Waals surface area contributed by atoms with Crippen LogP contribution in [0.15, 0.2) is 60.8 Å². The maximum Gasteiger partial charge on any atom is 0.223 e. The third-order valence-corrected chi connectivity index (χ3v) is 3.49. The zero-order valence-corrected chi connectivity index (χ0v) is 12.2. The van der Waals surface area contributed by atoms with Crippen molar-refractivity contribution in [2.75, 3.05) is 6.61 Å². The van der Waals surface area contributed by atoms with Crippen molar-refractivity contribution in [1.29, 1.82) is 0 Å². The predicted molar refractivity (Wildman–Crippen MR) is 86.7 cm³/mol. The lowest BCUT2D eigenvalue weighted by molar-refractivity contribution is -0.121. The maximum absolute atomic E-state index is 11.9. The lowest BCUT2D eigenvalue weighted by Gasteiger charge is -2.07. The number of hydrogen-bond donors (Lipinski definition) is 2. The van der Waals surface area contributed by atoms with Crippen molar-refractivity contribution in [2.45, 2.75) is 13.0 Å². The quantitative estimate of drug-likeness (QED) is 0.733. The highest BCUT2D eigenvalue weighted by Crippen LogP contribution is 2.17. The molecule has 0 aliphatic heterocycles. The summed E-state index contributed by atoms with van der Waals surface area (Å²) in [7, 11) is 0. The Kier molecular flexibility index (Phi) is 4.39. The van der Waals surface area contributed by atoms with Crippen molar-refractivity contribution in [2.24, 2.45) is 0 Å². The fraction of sp³-hybridized carbons (Fsp3) is 0.167. The van der Waals surface area contributed by atoms with Crippen LogP contribution in [0.5, 0.6) is 5.75 Å². The molecule has 0 saturated carbocycles. The largest absolute Gasteiger partial charge is 0.493 e. The van der Waals surface area contributed by atoms with Crippen LogP contribution in [0.4, 0.5) is 0 Å². The SMILES string of the molecule is O=C(CCOc1ccccc1)NCc1c[nH]c2ccccc12. The molecule has 1 heterocycles. The van der Waals surface area contributed by atoms with Crippen LogP contribution in [0.1, 0.15) is 12.0 Å². The Morgan fingerprint density at radius 1 is 1.05 bits per heavy atom. The molecule has 4 heteroatoms. The number of fused-ring (bicyclic) bond motifs is 1. The first-order valence-corrected chi connectivity index (χ1v) is 7.32. The van der Waals surface area contributed by atoms with Gasteiger partial charge in [0.25, 0.3) is 0 Å². The zero-order chi connectivity index (χ0) is 15.2. The van der Waals surface area contributed by atoms with Gasteiger partial charge in [-0.25, -0.2) is 0 Å². The molecule has 1 amide bonds. The molecule has 4 nitrogen and oxygen atoms in total. The van der Waals surface area contributed by atoms with Crippen molar-refractivity contribution in [3.05, 3.63) is 66.4 Å². The summed E-state index contributed by atoms with van der Waals surface area (Å²) in [6.45, 7) is 0.901.